The molecule has 1 aromatic carbocycles. The second kappa shape index (κ2) is 4.77. The van der Waals surface area contributed by atoms with E-state index in [9.17, 15) is 0 Å². The van der Waals surface area contributed by atoms with Gasteiger partial charge in [-0.2, -0.15) is 0 Å². The van der Waals surface area contributed by atoms with Crippen molar-refractivity contribution in [1.82, 2.24) is 9.97 Å². The number of ether oxygens (including phenoxy) is 1. The van der Waals surface area contributed by atoms with Crippen LogP contribution in [0.1, 0.15) is 5.56 Å². The van der Waals surface area contributed by atoms with Crippen molar-refractivity contribution in [2.24, 2.45) is 0 Å². The average molecular weight is 270 g/mol. The number of aromatic nitrogens is 2. The van der Waals surface area contributed by atoms with Crippen LogP contribution in [0.25, 0.3) is 0 Å². The summed E-state index contributed by atoms with van der Waals surface area (Å²) in [4.78, 5) is 8.00. The summed E-state index contributed by atoms with van der Waals surface area (Å²) in [6, 6.07) is 3.26. The summed E-state index contributed by atoms with van der Waals surface area (Å²) in [5.41, 5.74) is 7.07. The Morgan fingerprint density at radius 3 is 2.35 bits per heavy atom. The lowest BCUT2D eigenvalue weighted by atomic mass is 10.3. The van der Waals surface area contributed by atoms with E-state index >= 15 is 0 Å². The van der Waals surface area contributed by atoms with Crippen molar-refractivity contribution in [3.8, 4) is 11.8 Å². The van der Waals surface area contributed by atoms with Crippen LogP contribution in [0, 0.1) is 6.92 Å². The van der Waals surface area contributed by atoms with Crippen LogP contribution in [0.4, 0.5) is 5.69 Å². The van der Waals surface area contributed by atoms with E-state index in [1.54, 1.807) is 12.4 Å². The summed E-state index contributed by atoms with van der Waals surface area (Å²) >= 11 is 11.7. The minimum absolute atomic E-state index is 0.209. The predicted octanol–water partition coefficient (Wildman–Crippen LogP) is 3.47. The van der Waals surface area contributed by atoms with Crippen LogP contribution in [0.2, 0.25) is 10.0 Å². The molecule has 2 N–H and O–H groups in total. The zero-order valence-electron chi connectivity index (χ0n) is 8.95. The monoisotopic (exact) mass is 269 g/mol. The maximum absolute atomic E-state index is 5.87. The van der Waals surface area contributed by atoms with Crippen LogP contribution < -0.4 is 10.5 Å². The van der Waals surface area contributed by atoms with Crippen molar-refractivity contribution in [3.63, 3.8) is 0 Å². The molecule has 0 bridgehead atoms. The molecule has 17 heavy (non-hydrogen) atoms. The van der Waals surface area contributed by atoms with Crippen molar-refractivity contribution in [2.75, 3.05) is 5.73 Å². The zero-order chi connectivity index (χ0) is 12.4. The average Bonchev–Trinajstić information content (AvgIpc) is 2.29. The Morgan fingerprint density at radius 1 is 1.12 bits per heavy atom. The van der Waals surface area contributed by atoms with E-state index in [0.717, 1.165) is 5.56 Å². The van der Waals surface area contributed by atoms with Crippen molar-refractivity contribution in [2.45, 2.75) is 6.92 Å². The fraction of sp³-hybridized carbons (Fsp3) is 0.0909. The van der Waals surface area contributed by atoms with E-state index in [2.05, 4.69) is 9.97 Å². The molecule has 2 rings (SSSR count). The van der Waals surface area contributed by atoms with Crippen molar-refractivity contribution >= 4 is 28.9 Å². The maximum atomic E-state index is 5.87. The van der Waals surface area contributed by atoms with E-state index in [-0.39, 0.29) is 6.01 Å². The van der Waals surface area contributed by atoms with Gasteiger partial charge >= 0.3 is 6.01 Å². The van der Waals surface area contributed by atoms with E-state index in [0.29, 0.717) is 21.5 Å². The quantitative estimate of drug-likeness (QED) is 0.849. The Balaban J connectivity index is 2.30. The first-order valence-electron chi connectivity index (χ1n) is 4.77. The molecule has 0 atom stereocenters. The smallest absolute Gasteiger partial charge is 0.321 e. The second-order valence-corrected chi connectivity index (χ2v) is 4.26. The Labute approximate surface area is 108 Å². The molecule has 2 aromatic rings. The first kappa shape index (κ1) is 12.0. The largest absolute Gasteiger partial charge is 0.422 e. The maximum Gasteiger partial charge on any atom is 0.321 e. The molecule has 0 spiro atoms. The van der Waals surface area contributed by atoms with Crippen LogP contribution >= 0.6 is 23.2 Å². The first-order chi connectivity index (χ1) is 8.06. The van der Waals surface area contributed by atoms with Gasteiger partial charge in [-0.15, -0.1) is 0 Å². The Kier molecular flexibility index (Phi) is 3.36. The molecule has 4 nitrogen and oxygen atoms in total. The molecule has 1 aromatic heterocycles. The highest BCUT2D eigenvalue weighted by atomic mass is 35.5. The summed E-state index contributed by atoms with van der Waals surface area (Å²) in [5.74, 6) is 0.378. The normalized spacial score (nSPS) is 10.3. The Bertz CT molecular complexity index is 543. The molecule has 0 aliphatic carbocycles. The molecule has 0 radical (unpaired) electrons. The molecule has 0 saturated heterocycles. The third-order valence-electron chi connectivity index (χ3n) is 2.01. The SMILES string of the molecule is Cc1cnc(Oc2cc(Cl)c(Cl)cc2N)nc1. The molecule has 88 valence electrons. The van der Waals surface area contributed by atoms with Gasteiger partial charge in [0, 0.05) is 18.5 Å². The number of hydrogen-bond donors (Lipinski definition) is 1. The highest BCUT2D eigenvalue weighted by Crippen LogP contribution is 2.33. The fourth-order valence-corrected chi connectivity index (χ4v) is 1.49. The second-order valence-electron chi connectivity index (χ2n) is 3.45. The molecule has 6 heteroatoms. The number of nitrogens with two attached hydrogens (primary N) is 1. The van der Waals surface area contributed by atoms with Gasteiger partial charge in [0.25, 0.3) is 0 Å². The summed E-state index contributed by atoms with van der Waals surface area (Å²) < 4.78 is 5.41. The van der Waals surface area contributed by atoms with E-state index in [1.165, 1.54) is 12.1 Å². The summed E-state index contributed by atoms with van der Waals surface area (Å²) in [6.45, 7) is 1.89. The fourth-order valence-electron chi connectivity index (χ4n) is 1.16. The Hall–Kier alpha value is -1.52. The molecular weight excluding hydrogens is 261 g/mol. The van der Waals surface area contributed by atoms with Gasteiger partial charge in [0.1, 0.15) is 0 Å². The van der Waals surface area contributed by atoms with Crippen molar-refractivity contribution < 1.29 is 4.74 Å². The van der Waals surface area contributed by atoms with Gasteiger partial charge in [-0.25, -0.2) is 9.97 Å². The predicted molar refractivity (Wildman–Crippen MR) is 67.7 cm³/mol. The van der Waals surface area contributed by atoms with Crippen LogP contribution in [-0.4, -0.2) is 9.97 Å². The van der Waals surface area contributed by atoms with Gasteiger partial charge in [-0.1, -0.05) is 23.2 Å². The minimum atomic E-state index is 0.209. The molecule has 0 aliphatic heterocycles. The lowest BCUT2D eigenvalue weighted by Crippen LogP contribution is -1.96. The summed E-state index contributed by atoms with van der Waals surface area (Å²) in [5, 5.41) is 0.740. The minimum Gasteiger partial charge on any atom is -0.422 e. The van der Waals surface area contributed by atoms with E-state index in [1.807, 2.05) is 6.92 Å². The highest BCUT2D eigenvalue weighted by Gasteiger charge is 2.08. The summed E-state index contributed by atoms with van der Waals surface area (Å²) in [7, 11) is 0. The van der Waals surface area contributed by atoms with Gasteiger partial charge in [0.2, 0.25) is 0 Å². The number of anilines is 1. The van der Waals surface area contributed by atoms with Gasteiger partial charge in [0.05, 0.1) is 15.7 Å². The third kappa shape index (κ3) is 2.78. The van der Waals surface area contributed by atoms with Gasteiger partial charge in [-0.3, -0.25) is 0 Å². The number of rotatable bonds is 2. The van der Waals surface area contributed by atoms with Crippen molar-refractivity contribution in [3.05, 3.63) is 40.1 Å². The third-order valence-corrected chi connectivity index (χ3v) is 2.73. The van der Waals surface area contributed by atoms with Gasteiger partial charge in [0.15, 0.2) is 5.75 Å². The summed E-state index contributed by atoms with van der Waals surface area (Å²) in [6.07, 6.45) is 3.30. The van der Waals surface area contributed by atoms with Crippen molar-refractivity contribution in [1.29, 1.82) is 0 Å². The lowest BCUT2D eigenvalue weighted by molar-refractivity contribution is 0.443. The zero-order valence-corrected chi connectivity index (χ0v) is 10.5. The number of nitrogen functional groups attached to an aromatic ring is 1. The highest BCUT2D eigenvalue weighted by molar-refractivity contribution is 6.42. The Morgan fingerprint density at radius 2 is 1.71 bits per heavy atom. The van der Waals surface area contributed by atoms with Crippen LogP contribution in [0.5, 0.6) is 11.8 Å². The van der Waals surface area contributed by atoms with Gasteiger partial charge in [-0.05, 0) is 18.6 Å². The lowest BCUT2D eigenvalue weighted by Gasteiger charge is -2.08. The number of benzene rings is 1. The van der Waals surface area contributed by atoms with Crippen LogP contribution in [-0.2, 0) is 0 Å². The van der Waals surface area contributed by atoms with E-state index in [4.69, 9.17) is 33.7 Å². The molecule has 0 amide bonds. The van der Waals surface area contributed by atoms with Crippen LogP contribution in [0.15, 0.2) is 24.5 Å². The number of halogens is 2. The first-order valence-corrected chi connectivity index (χ1v) is 5.53. The van der Waals surface area contributed by atoms with E-state index < -0.39 is 0 Å². The molecule has 0 unspecified atom stereocenters. The number of hydrogen-bond acceptors (Lipinski definition) is 4. The molecule has 0 saturated carbocycles. The molecule has 0 fully saturated rings. The molecular formula is C11H9Cl2N3O. The van der Waals surface area contributed by atoms with Crippen LogP contribution in [0.3, 0.4) is 0 Å². The topological polar surface area (TPSA) is 61.0 Å². The number of aryl methyl sites for hydroxylation is 1. The molecule has 0 aliphatic rings. The standard InChI is InChI=1S/C11H9Cl2N3O/c1-6-4-15-11(16-5-6)17-10-3-8(13)7(12)2-9(10)14/h2-5H,14H2,1H3. The van der Waals surface area contributed by atoms with Gasteiger partial charge < -0.3 is 10.5 Å². The molecule has 1 heterocycles. The number of nitrogens with zero attached hydrogens (tertiary/aromatic N) is 2.